The summed E-state index contributed by atoms with van der Waals surface area (Å²) in [5.74, 6) is 0.342. The van der Waals surface area contributed by atoms with E-state index in [1.807, 2.05) is 37.3 Å². The Labute approximate surface area is 138 Å². The van der Waals surface area contributed by atoms with Gasteiger partial charge in [0.25, 0.3) is 0 Å². The topological polar surface area (TPSA) is 49.4 Å². The molecule has 0 aromatic heterocycles. The van der Waals surface area contributed by atoms with Crippen LogP contribution in [0.2, 0.25) is 0 Å². The first-order valence-corrected chi connectivity index (χ1v) is 9.40. The molecule has 0 bridgehead atoms. The Hall–Kier alpha value is -1.85. The third-order valence-electron chi connectivity index (χ3n) is 4.35. The van der Waals surface area contributed by atoms with Gasteiger partial charge in [0.05, 0.1) is 4.90 Å². The van der Waals surface area contributed by atoms with Gasteiger partial charge in [-0.2, -0.15) is 0 Å². The number of rotatable bonds is 5. The maximum absolute atomic E-state index is 12.4. The zero-order valence-corrected chi connectivity index (χ0v) is 14.1. The molecule has 1 unspecified atom stereocenters. The van der Waals surface area contributed by atoms with Crippen LogP contribution < -0.4 is 9.62 Å². The highest BCUT2D eigenvalue weighted by Gasteiger charge is 2.25. The molecule has 1 atom stereocenters. The summed E-state index contributed by atoms with van der Waals surface area (Å²) < 4.78 is 27.6. The maximum Gasteiger partial charge on any atom is 0.240 e. The van der Waals surface area contributed by atoms with Crippen LogP contribution in [0.3, 0.4) is 0 Å². The first kappa shape index (κ1) is 16.0. The summed E-state index contributed by atoms with van der Waals surface area (Å²) in [6, 6.07) is 17.3. The zero-order chi connectivity index (χ0) is 16.3. The molecule has 23 heavy (non-hydrogen) atoms. The van der Waals surface area contributed by atoms with Gasteiger partial charge in [0.15, 0.2) is 0 Å². The summed E-state index contributed by atoms with van der Waals surface area (Å²) >= 11 is 0. The number of hydrogen-bond acceptors (Lipinski definition) is 3. The largest absolute Gasteiger partial charge is 0.371 e. The molecule has 0 spiro atoms. The number of anilines is 1. The SMILES string of the molecule is Cc1ccccc1S(=O)(=O)NCC1CCN(c2ccccc2)C1. The Morgan fingerprint density at radius 1 is 1.09 bits per heavy atom. The Morgan fingerprint density at radius 2 is 1.78 bits per heavy atom. The number of aryl methyl sites for hydroxylation is 1. The molecule has 1 aliphatic rings. The average Bonchev–Trinajstić information content (AvgIpc) is 3.03. The molecule has 3 rings (SSSR count). The molecule has 122 valence electrons. The number of hydrogen-bond donors (Lipinski definition) is 1. The molecule has 5 heteroatoms. The van der Waals surface area contributed by atoms with Gasteiger partial charge in [-0.15, -0.1) is 0 Å². The van der Waals surface area contributed by atoms with Crippen LogP contribution in [0.5, 0.6) is 0 Å². The summed E-state index contributed by atoms with van der Waals surface area (Å²) in [5.41, 5.74) is 1.98. The molecule has 1 N–H and O–H groups in total. The van der Waals surface area contributed by atoms with E-state index in [9.17, 15) is 8.42 Å². The van der Waals surface area contributed by atoms with Crippen molar-refractivity contribution >= 4 is 15.7 Å². The number of sulfonamides is 1. The summed E-state index contributed by atoms with van der Waals surface area (Å²) in [6.45, 7) is 4.17. The number of nitrogens with zero attached hydrogens (tertiary/aromatic N) is 1. The highest BCUT2D eigenvalue weighted by Crippen LogP contribution is 2.23. The summed E-state index contributed by atoms with van der Waals surface area (Å²) in [7, 11) is -3.43. The van der Waals surface area contributed by atoms with Crippen LogP contribution >= 0.6 is 0 Å². The van der Waals surface area contributed by atoms with Crippen LogP contribution in [0.15, 0.2) is 59.5 Å². The molecule has 1 aliphatic heterocycles. The third kappa shape index (κ3) is 3.74. The predicted octanol–water partition coefficient (Wildman–Crippen LogP) is 2.80. The highest BCUT2D eigenvalue weighted by molar-refractivity contribution is 7.89. The molecule has 0 aliphatic carbocycles. The van der Waals surface area contributed by atoms with Gasteiger partial charge >= 0.3 is 0 Å². The van der Waals surface area contributed by atoms with Gasteiger partial charge in [-0.05, 0) is 43.0 Å². The van der Waals surface area contributed by atoms with Crippen molar-refractivity contribution in [3.63, 3.8) is 0 Å². The highest BCUT2D eigenvalue weighted by atomic mass is 32.2. The smallest absolute Gasteiger partial charge is 0.240 e. The molecule has 1 fully saturated rings. The van der Waals surface area contributed by atoms with Gasteiger partial charge in [0.2, 0.25) is 10.0 Å². The van der Waals surface area contributed by atoms with Gasteiger partial charge < -0.3 is 4.90 Å². The van der Waals surface area contributed by atoms with E-state index >= 15 is 0 Å². The fourth-order valence-electron chi connectivity index (χ4n) is 3.04. The van der Waals surface area contributed by atoms with Gasteiger partial charge in [-0.3, -0.25) is 0 Å². The second-order valence-electron chi connectivity index (χ2n) is 6.05. The van der Waals surface area contributed by atoms with Gasteiger partial charge in [-0.25, -0.2) is 13.1 Å². The number of nitrogens with one attached hydrogen (secondary N) is 1. The summed E-state index contributed by atoms with van der Waals surface area (Å²) in [5, 5.41) is 0. The quantitative estimate of drug-likeness (QED) is 0.917. The van der Waals surface area contributed by atoms with Crippen molar-refractivity contribution in [3.05, 3.63) is 60.2 Å². The van der Waals surface area contributed by atoms with Crippen LogP contribution in [-0.4, -0.2) is 28.1 Å². The van der Waals surface area contributed by atoms with Crippen molar-refractivity contribution in [1.82, 2.24) is 4.72 Å². The van der Waals surface area contributed by atoms with Crippen LogP contribution in [0, 0.1) is 12.8 Å². The monoisotopic (exact) mass is 330 g/mol. The van der Waals surface area contributed by atoms with Crippen LogP contribution in [0.1, 0.15) is 12.0 Å². The minimum atomic E-state index is -3.43. The third-order valence-corrected chi connectivity index (χ3v) is 5.94. The predicted molar refractivity (Wildman–Crippen MR) is 93.1 cm³/mol. The molecule has 1 saturated heterocycles. The second kappa shape index (κ2) is 6.72. The molecular weight excluding hydrogens is 308 g/mol. The van der Waals surface area contributed by atoms with Crippen molar-refractivity contribution in [2.75, 3.05) is 24.5 Å². The molecule has 2 aromatic carbocycles. The zero-order valence-electron chi connectivity index (χ0n) is 13.3. The minimum Gasteiger partial charge on any atom is -0.371 e. The van der Waals surface area contributed by atoms with E-state index in [1.54, 1.807) is 12.1 Å². The molecule has 0 amide bonds. The van der Waals surface area contributed by atoms with E-state index in [0.717, 1.165) is 25.1 Å². The first-order valence-electron chi connectivity index (χ1n) is 7.91. The van der Waals surface area contributed by atoms with Crippen LogP contribution in [-0.2, 0) is 10.0 Å². The van der Waals surface area contributed by atoms with Gasteiger partial charge in [0, 0.05) is 25.3 Å². The molecule has 0 saturated carbocycles. The van der Waals surface area contributed by atoms with E-state index in [0.29, 0.717) is 17.4 Å². The number of benzene rings is 2. The summed E-state index contributed by atoms with van der Waals surface area (Å²) in [6.07, 6.45) is 1.01. The minimum absolute atomic E-state index is 0.342. The Morgan fingerprint density at radius 3 is 2.52 bits per heavy atom. The summed E-state index contributed by atoms with van der Waals surface area (Å²) in [4.78, 5) is 2.69. The van der Waals surface area contributed by atoms with Crippen LogP contribution in [0.4, 0.5) is 5.69 Å². The van der Waals surface area contributed by atoms with E-state index in [1.165, 1.54) is 5.69 Å². The Kier molecular flexibility index (Phi) is 4.68. The lowest BCUT2D eigenvalue weighted by Crippen LogP contribution is -2.31. The van der Waals surface area contributed by atoms with Crippen molar-refractivity contribution in [3.8, 4) is 0 Å². The lowest BCUT2D eigenvalue weighted by atomic mass is 10.1. The Balaban J connectivity index is 1.60. The van der Waals surface area contributed by atoms with E-state index < -0.39 is 10.0 Å². The van der Waals surface area contributed by atoms with E-state index in [-0.39, 0.29) is 0 Å². The van der Waals surface area contributed by atoms with Gasteiger partial charge in [0.1, 0.15) is 0 Å². The van der Waals surface area contributed by atoms with Crippen LogP contribution in [0.25, 0.3) is 0 Å². The Bertz CT molecular complexity index is 760. The normalized spacial score (nSPS) is 18.3. The molecule has 0 radical (unpaired) electrons. The van der Waals surface area contributed by atoms with E-state index in [2.05, 4.69) is 21.8 Å². The molecule has 4 nitrogen and oxygen atoms in total. The van der Waals surface area contributed by atoms with E-state index in [4.69, 9.17) is 0 Å². The average molecular weight is 330 g/mol. The molecular formula is C18H22N2O2S. The molecule has 1 heterocycles. The fraction of sp³-hybridized carbons (Fsp3) is 0.333. The van der Waals surface area contributed by atoms with Crippen molar-refractivity contribution in [2.45, 2.75) is 18.2 Å². The van der Waals surface area contributed by atoms with Crippen molar-refractivity contribution < 1.29 is 8.42 Å². The second-order valence-corrected chi connectivity index (χ2v) is 7.79. The maximum atomic E-state index is 12.4. The first-order chi connectivity index (χ1) is 11.1. The van der Waals surface area contributed by atoms with Gasteiger partial charge in [-0.1, -0.05) is 36.4 Å². The molecule has 2 aromatic rings. The fourth-order valence-corrected chi connectivity index (χ4v) is 4.40. The number of para-hydroxylation sites is 1. The van der Waals surface area contributed by atoms with Crippen molar-refractivity contribution in [1.29, 1.82) is 0 Å². The lowest BCUT2D eigenvalue weighted by Gasteiger charge is -2.18. The standard InChI is InChI=1S/C18H22N2O2S/c1-15-7-5-6-10-18(15)23(21,22)19-13-16-11-12-20(14-16)17-8-3-2-4-9-17/h2-10,16,19H,11-14H2,1H3. The lowest BCUT2D eigenvalue weighted by molar-refractivity contribution is 0.541. The van der Waals surface area contributed by atoms with Crippen molar-refractivity contribution in [2.24, 2.45) is 5.92 Å².